The Labute approximate surface area is 142 Å². The van der Waals surface area contributed by atoms with E-state index in [2.05, 4.69) is 10.2 Å². The molecule has 3 aromatic rings. The summed E-state index contributed by atoms with van der Waals surface area (Å²) in [7, 11) is 0. The number of nitro groups is 1. The van der Waals surface area contributed by atoms with Crippen LogP contribution in [0, 0.1) is 10.1 Å². The number of phenolic OH excluding ortho intramolecular Hbond substituents is 2. The zero-order valence-electron chi connectivity index (χ0n) is 12.9. The molecule has 124 valence electrons. The molecule has 2 N–H and O–H groups in total. The van der Waals surface area contributed by atoms with Crippen LogP contribution >= 0.6 is 0 Å². The number of rotatable bonds is 4. The summed E-state index contributed by atoms with van der Waals surface area (Å²) in [6.07, 6.45) is 0. The van der Waals surface area contributed by atoms with Crippen LogP contribution in [0.1, 0.15) is 0 Å². The predicted octanol–water partition coefficient (Wildman–Crippen LogP) is 5.09. The molecule has 0 saturated heterocycles. The van der Waals surface area contributed by atoms with E-state index in [1.807, 2.05) is 0 Å². The molecule has 0 aliphatic carbocycles. The first-order chi connectivity index (χ1) is 12.1. The summed E-state index contributed by atoms with van der Waals surface area (Å²) in [6, 6.07) is 18.2. The van der Waals surface area contributed by atoms with Crippen molar-refractivity contribution in [1.82, 2.24) is 0 Å². The Morgan fingerprint density at radius 1 is 0.880 bits per heavy atom. The van der Waals surface area contributed by atoms with Gasteiger partial charge in [0.2, 0.25) is 5.75 Å². The lowest BCUT2D eigenvalue weighted by Crippen LogP contribution is -1.92. The Hall–Kier alpha value is -3.74. The van der Waals surface area contributed by atoms with E-state index < -0.39 is 16.4 Å². The van der Waals surface area contributed by atoms with Gasteiger partial charge in [-0.25, -0.2) is 0 Å². The Morgan fingerprint density at radius 2 is 1.48 bits per heavy atom. The summed E-state index contributed by atoms with van der Waals surface area (Å²) >= 11 is 0. The molecular formula is C18H13N3O4. The van der Waals surface area contributed by atoms with Crippen LogP contribution in [0.2, 0.25) is 0 Å². The summed E-state index contributed by atoms with van der Waals surface area (Å²) < 4.78 is 0. The second-order valence-electron chi connectivity index (χ2n) is 5.15. The first-order valence-corrected chi connectivity index (χ1v) is 7.33. The molecule has 3 aromatic carbocycles. The van der Waals surface area contributed by atoms with E-state index >= 15 is 0 Å². The van der Waals surface area contributed by atoms with Gasteiger partial charge in [-0.05, 0) is 17.7 Å². The number of nitro benzene ring substituents is 1. The van der Waals surface area contributed by atoms with Crippen molar-refractivity contribution in [2.75, 3.05) is 0 Å². The molecule has 7 nitrogen and oxygen atoms in total. The van der Waals surface area contributed by atoms with Crippen molar-refractivity contribution in [3.05, 3.63) is 76.8 Å². The van der Waals surface area contributed by atoms with Crippen LogP contribution in [0.15, 0.2) is 77.0 Å². The van der Waals surface area contributed by atoms with Gasteiger partial charge < -0.3 is 10.2 Å². The number of azo groups is 1. The molecule has 0 fully saturated rings. The average molecular weight is 335 g/mol. The summed E-state index contributed by atoms with van der Waals surface area (Å²) in [5, 5.41) is 39.7. The van der Waals surface area contributed by atoms with E-state index in [0.29, 0.717) is 11.3 Å². The number of hydrogen-bond donors (Lipinski definition) is 2. The van der Waals surface area contributed by atoms with Gasteiger partial charge in [0.05, 0.1) is 16.2 Å². The molecule has 0 radical (unpaired) electrons. The van der Waals surface area contributed by atoms with Gasteiger partial charge in [0.25, 0.3) is 0 Å². The smallest absolute Gasteiger partial charge is 0.338 e. The molecule has 7 heteroatoms. The lowest BCUT2D eigenvalue weighted by molar-refractivity contribution is -0.385. The zero-order chi connectivity index (χ0) is 17.8. The maximum absolute atomic E-state index is 11.4. The molecule has 0 spiro atoms. The minimum Gasteiger partial charge on any atom is -0.507 e. The van der Waals surface area contributed by atoms with Crippen LogP contribution in [-0.4, -0.2) is 15.1 Å². The lowest BCUT2D eigenvalue weighted by Gasteiger charge is -2.09. The van der Waals surface area contributed by atoms with E-state index in [9.17, 15) is 20.3 Å². The minimum atomic E-state index is -0.749. The molecule has 0 amide bonds. The highest BCUT2D eigenvalue weighted by atomic mass is 16.6. The quantitative estimate of drug-likeness (QED) is 0.393. The number of phenols is 2. The third-order valence-electron chi connectivity index (χ3n) is 3.51. The third kappa shape index (κ3) is 3.30. The molecular weight excluding hydrogens is 322 g/mol. The van der Waals surface area contributed by atoms with Gasteiger partial charge in [-0.1, -0.05) is 48.5 Å². The van der Waals surface area contributed by atoms with Crippen LogP contribution < -0.4 is 0 Å². The molecule has 3 rings (SSSR count). The molecule has 0 aliphatic heterocycles. The van der Waals surface area contributed by atoms with Gasteiger partial charge in [-0.15, -0.1) is 5.11 Å². The van der Waals surface area contributed by atoms with Crippen molar-refractivity contribution in [2.45, 2.75) is 0 Å². The Balaban J connectivity index is 2.15. The standard InChI is InChI=1S/C18H13N3O4/c22-15-11-14(20-19-13-9-5-2-6-10-13)17(21(24)25)18(23)16(15)12-7-3-1-4-8-12/h1-11,22-23H. The molecule has 25 heavy (non-hydrogen) atoms. The molecule has 0 saturated carbocycles. The van der Waals surface area contributed by atoms with Crippen molar-refractivity contribution in [2.24, 2.45) is 10.2 Å². The fourth-order valence-electron chi connectivity index (χ4n) is 2.38. The molecule has 0 bridgehead atoms. The molecule has 0 aliphatic rings. The number of nitrogens with zero attached hydrogens (tertiary/aromatic N) is 3. The topological polar surface area (TPSA) is 108 Å². The monoisotopic (exact) mass is 335 g/mol. The van der Waals surface area contributed by atoms with Crippen LogP contribution in [0.25, 0.3) is 11.1 Å². The Bertz CT molecular complexity index is 942. The van der Waals surface area contributed by atoms with Crippen LogP contribution in [0.4, 0.5) is 17.1 Å². The van der Waals surface area contributed by atoms with Crippen LogP contribution in [-0.2, 0) is 0 Å². The van der Waals surface area contributed by atoms with Gasteiger partial charge in [0.15, 0.2) is 5.69 Å². The van der Waals surface area contributed by atoms with Gasteiger partial charge in [0, 0.05) is 6.07 Å². The second-order valence-corrected chi connectivity index (χ2v) is 5.15. The lowest BCUT2D eigenvalue weighted by atomic mass is 10.0. The van der Waals surface area contributed by atoms with E-state index in [-0.39, 0.29) is 17.0 Å². The van der Waals surface area contributed by atoms with E-state index in [4.69, 9.17) is 0 Å². The first-order valence-electron chi connectivity index (χ1n) is 7.33. The maximum atomic E-state index is 11.4. The third-order valence-corrected chi connectivity index (χ3v) is 3.51. The Morgan fingerprint density at radius 3 is 2.08 bits per heavy atom. The van der Waals surface area contributed by atoms with Gasteiger partial charge >= 0.3 is 5.69 Å². The largest absolute Gasteiger partial charge is 0.507 e. The maximum Gasteiger partial charge on any atom is 0.338 e. The van der Waals surface area contributed by atoms with Gasteiger partial charge in [0.1, 0.15) is 5.75 Å². The molecule has 0 atom stereocenters. The van der Waals surface area contributed by atoms with E-state index in [1.54, 1.807) is 60.7 Å². The van der Waals surface area contributed by atoms with E-state index in [0.717, 1.165) is 6.07 Å². The average Bonchev–Trinajstić information content (AvgIpc) is 2.61. The summed E-state index contributed by atoms with van der Waals surface area (Å²) in [5.74, 6) is -0.977. The predicted molar refractivity (Wildman–Crippen MR) is 92.5 cm³/mol. The number of hydrogen-bond acceptors (Lipinski definition) is 6. The van der Waals surface area contributed by atoms with Crippen molar-refractivity contribution in [3.8, 4) is 22.6 Å². The second kappa shape index (κ2) is 6.79. The van der Waals surface area contributed by atoms with E-state index in [1.165, 1.54) is 0 Å². The van der Waals surface area contributed by atoms with Crippen molar-refractivity contribution < 1.29 is 15.1 Å². The highest BCUT2D eigenvalue weighted by molar-refractivity contribution is 5.85. The zero-order valence-corrected chi connectivity index (χ0v) is 12.9. The number of benzene rings is 3. The number of aromatic hydroxyl groups is 2. The summed E-state index contributed by atoms with van der Waals surface area (Å²) in [6.45, 7) is 0. The first kappa shape index (κ1) is 16.1. The molecule has 0 unspecified atom stereocenters. The Kier molecular flexibility index (Phi) is 4.38. The van der Waals surface area contributed by atoms with Gasteiger partial charge in [-0.3, -0.25) is 10.1 Å². The van der Waals surface area contributed by atoms with Gasteiger partial charge in [-0.2, -0.15) is 5.11 Å². The van der Waals surface area contributed by atoms with Crippen LogP contribution in [0.5, 0.6) is 11.5 Å². The summed E-state index contributed by atoms with van der Waals surface area (Å²) in [4.78, 5) is 10.7. The molecule has 0 heterocycles. The minimum absolute atomic E-state index is 0.0223. The summed E-state index contributed by atoms with van der Waals surface area (Å²) in [5.41, 5.74) is 0.0703. The normalized spacial score (nSPS) is 10.9. The fourth-order valence-corrected chi connectivity index (χ4v) is 2.38. The van der Waals surface area contributed by atoms with Crippen molar-refractivity contribution >= 4 is 17.1 Å². The van der Waals surface area contributed by atoms with Crippen molar-refractivity contribution in [1.29, 1.82) is 0 Å². The van der Waals surface area contributed by atoms with Crippen LogP contribution in [0.3, 0.4) is 0 Å². The highest BCUT2D eigenvalue weighted by Crippen LogP contribution is 2.48. The fraction of sp³-hybridized carbons (Fsp3) is 0. The van der Waals surface area contributed by atoms with Crippen molar-refractivity contribution in [3.63, 3.8) is 0 Å². The molecule has 0 aromatic heterocycles. The SMILES string of the molecule is O=[N+]([O-])c1c(N=Nc2ccccc2)cc(O)c(-c2ccccc2)c1O. The highest BCUT2D eigenvalue weighted by Gasteiger charge is 2.27.